The first kappa shape index (κ1) is 17.7. The molecule has 1 aliphatic rings. The molecule has 1 heterocycles. The van der Waals surface area contributed by atoms with Crippen molar-refractivity contribution in [1.82, 2.24) is 4.90 Å². The Bertz CT molecular complexity index is 771. The van der Waals surface area contributed by atoms with Gasteiger partial charge in [-0.1, -0.05) is 23.7 Å². The van der Waals surface area contributed by atoms with Gasteiger partial charge in [0.2, 0.25) is 0 Å². The second-order valence-corrected chi connectivity index (χ2v) is 6.92. The Hall–Kier alpha value is -2.11. The number of nitrogens with zero attached hydrogens (tertiary/aromatic N) is 1. The summed E-state index contributed by atoms with van der Waals surface area (Å²) in [5.41, 5.74) is 0.0954. The summed E-state index contributed by atoms with van der Waals surface area (Å²) in [6, 6.07) is 10.4. The zero-order valence-corrected chi connectivity index (χ0v) is 14.3. The van der Waals surface area contributed by atoms with E-state index in [1.807, 2.05) is 0 Å². The number of hydrogen-bond donors (Lipinski definition) is 2. The van der Waals surface area contributed by atoms with Crippen LogP contribution < -0.4 is 0 Å². The van der Waals surface area contributed by atoms with E-state index in [2.05, 4.69) is 0 Å². The van der Waals surface area contributed by atoms with Crippen LogP contribution in [-0.4, -0.2) is 39.7 Å². The number of carbonyl (C=O) groups excluding carboxylic acids is 1. The van der Waals surface area contributed by atoms with Crippen molar-refractivity contribution in [2.24, 2.45) is 0 Å². The van der Waals surface area contributed by atoms with Crippen LogP contribution in [0.1, 0.15) is 28.8 Å². The van der Waals surface area contributed by atoms with Crippen LogP contribution in [0.3, 0.4) is 0 Å². The highest BCUT2D eigenvalue weighted by molar-refractivity contribution is 6.31. The van der Waals surface area contributed by atoms with Crippen LogP contribution in [0.25, 0.3) is 0 Å². The van der Waals surface area contributed by atoms with Gasteiger partial charge < -0.3 is 15.1 Å². The molecule has 0 radical (unpaired) electrons. The molecular formula is C19H19ClFNO3. The molecule has 0 saturated carbocycles. The molecule has 2 aromatic carbocycles. The van der Waals surface area contributed by atoms with E-state index in [1.165, 1.54) is 30.3 Å². The maximum absolute atomic E-state index is 13.0. The van der Waals surface area contributed by atoms with E-state index >= 15 is 0 Å². The number of benzene rings is 2. The lowest BCUT2D eigenvalue weighted by Crippen LogP contribution is -2.47. The molecule has 0 atom stereocenters. The molecule has 1 fully saturated rings. The maximum atomic E-state index is 13.0. The molecule has 0 aliphatic carbocycles. The van der Waals surface area contributed by atoms with E-state index in [4.69, 9.17) is 11.6 Å². The predicted molar refractivity (Wildman–Crippen MR) is 93.3 cm³/mol. The average molecular weight is 364 g/mol. The van der Waals surface area contributed by atoms with Crippen molar-refractivity contribution in [3.05, 3.63) is 64.4 Å². The van der Waals surface area contributed by atoms with Gasteiger partial charge in [-0.25, -0.2) is 4.39 Å². The van der Waals surface area contributed by atoms with Crippen molar-refractivity contribution in [3.63, 3.8) is 0 Å². The number of aliphatic hydroxyl groups is 1. The second-order valence-electron chi connectivity index (χ2n) is 6.48. The van der Waals surface area contributed by atoms with Gasteiger partial charge in [0, 0.05) is 24.5 Å². The van der Waals surface area contributed by atoms with Crippen LogP contribution in [-0.2, 0) is 6.42 Å². The highest BCUT2D eigenvalue weighted by Crippen LogP contribution is 2.29. The fraction of sp³-hybridized carbons (Fsp3) is 0.316. The molecule has 132 valence electrons. The zero-order chi connectivity index (χ0) is 18.0. The highest BCUT2D eigenvalue weighted by Gasteiger charge is 2.34. The van der Waals surface area contributed by atoms with Crippen molar-refractivity contribution in [1.29, 1.82) is 0 Å². The smallest absolute Gasteiger partial charge is 0.257 e. The second kappa shape index (κ2) is 7.02. The fourth-order valence-electron chi connectivity index (χ4n) is 3.13. The van der Waals surface area contributed by atoms with Gasteiger partial charge in [0.25, 0.3) is 5.91 Å². The first-order valence-corrected chi connectivity index (χ1v) is 8.49. The fourth-order valence-corrected chi connectivity index (χ4v) is 3.31. The Kier molecular flexibility index (Phi) is 4.97. The van der Waals surface area contributed by atoms with Crippen LogP contribution in [0.15, 0.2) is 42.5 Å². The van der Waals surface area contributed by atoms with E-state index in [0.29, 0.717) is 37.4 Å². The number of carbonyl (C=O) groups is 1. The van der Waals surface area contributed by atoms with E-state index in [9.17, 15) is 19.4 Å². The SMILES string of the molecule is O=C(c1cc(Cl)ccc1O)N1CCC(O)(Cc2ccc(F)cc2)CC1. The largest absolute Gasteiger partial charge is 0.507 e. The number of aromatic hydroxyl groups is 1. The molecule has 6 heteroatoms. The number of piperidine rings is 1. The molecule has 1 aliphatic heterocycles. The third-order valence-corrected chi connectivity index (χ3v) is 4.85. The lowest BCUT2D eigenvalue weighted by molar-refractivity contribution is -0.0163. The van der Waals surface area contributed by atoms with Gasteiger partial charge in [-0.05, 0) is 48.7 Å². The Morgan fingerprint density at radius 3 is 2.44 bits per heavy atom. The first-order chi connectivity index (χ1) is 11.9. The molecule has 1 amide bonds. The highest BCUT2D eigenvalue weighted by atomic mass is 35.5. The lowest BCUT2D eigenvalue weighted by Gasteiger charge is -2.38. The molecule has 1 saturated heterocycles. The summed E-state index contributed by atoms with van der Waals surface area (Å²) >= 11 is 5.90. The minimum Gasteiger partial charge on any atom is -0.507 e. The normalized spacial score (nSPS) is 16.7. The van der Waals surface area contributed by atoms with E-state index in [-0.39, 0.29) is 23.0 Å². The first-order valence-electron chi connectivity index (χ1n) is 8.11. The van der Waals surface area contributed by atoms with Crippen molar-refractivity contribution >= 4 is 17.5 Å². The third-order valence-electron chi connectivity index (χ3n) is 4.62. The van der Waals surface area contributed by atoms with Gasteiger partial charge in [0.1, 0.15) is 11.6 Å². The van der Waals surface area contributed by atoms with Gasteiger partial charge in [0.05, 0.1) is 11.2 Å². The van der Waals surface area contributed by atoms with Gasteiger partial charge >= 0.3 is 0 Å². The van der Waals surface area contributed by atoms with Crippen LogP contribution in [0.5, 0.6) is 5.75 Å². The Morgan fingerprint density at radius 2 is 1.80 bits per heavy atom. The van der Waals surface area contributed by atoms with E-state index in [1.54, 1.807) is 17.0 Å². The molecule has 2 aromatic rings. The van der Waals surface area contributed by atoms with E-state index < -0.39 is 5.60 Å². The summed E-state index contributed by atoms with van der Waals surface area (Å²) in [7, 11) is 0. The minimum atomic E-state index is -0.926. The molecular weight excluding hydrogens is 345 g/mol. The monoisotopic (exact) mass is 363 g/mol. The van der Waals surface area contributed by atoms with Crippen LogP contribution in [0, 0.1) is 5.82 Å². The predicted octanol–water partition coefficient (Wildman–Crippen LogP) is 3.39. The summed E-state index contributed by atoms with van der Waals surface area (Å²) in [4.78, 5) is 14.2. The molecule has 0 aromatic heterocycles. The molecule has 0 unspecified atom stereocenters. The number of phenolic OH excluding ortho intramolecular Hbond substituents is 1. The number of halogens is 2. The quantitative estimate of drug-likeness (QED) is 0.878. The Morgan fingerprint density at radius 1 is 1.16 bits per heavy atom. The number of likely N-dealkylation sites (tertiary alicyclic amines) is 1. The van der Waals surface area contributed by atoms with Crippen LogP contribution >= 0.6 is 11.6 Å². The van der Waals surface area contributed by atoms with Crippen molar-refractivity contribution < 1.29 is 19.4 Å². The van der Waals surface area contributed by atoms with Crippen LogP contribution in [0.2, 0.25) is 5.02 Å². The molecule has 0 spiro atoms. The van der Waals surface area contributed by atoms with Gasteiger partial charge in [-0.2, -0.15) is 0 Å². The molecule has 3 rings (SSSR count). The topological polar surface area (TPSA) is 60.8 Å². The molecule has 2 N–H and O–H groups in total. The summed E-state index contributed by atoms with van der Waals surface area (Å²) in [5.74, 6) is -0.720. The van der Waals surface area contributed by atoms with Crippen molar-refractivity contribution in [2.75, 3.05) is 13.1 Å². The summed E-state index contributed by atoms with van der Waals surface area (Å²) in [5, 5.41) is 21.0. The van der Waals surface area contributed by atoms with E-state index in [0.717, 1.165) is 5.56 Å². The summed E-state index contributed by atoms with van der Waals surface area (Å²) in [6.45, 7) is 0.755. The standard InChI is InChI=1S/C19H19ClFNO3/c20-14-3-6-17(23)16(11-14)18(24)22-9-7-19(25,8-10-22)12-13-1-4-15(21)5-2-13/h1-6,11,23,25H,7-10,12H2. The third kappa shape index (κ3) is 4.11. The Labute approximate surface area is 150 Å². The number of rotatable bonds is 3. The summed E-state index contributed by atoms with van der Waals surface area (Å²) < 4.78 is 13.0. The molecule has 25 heavy (non-hydrogen) atoms. The molecule has 4 nitrogen and oxygen atoms in total. The maximum Gasteiger partial charge on any atom is 0.257 e. The summed E-state index contributed by atoms with van der Waals surface area (Å²) in [6.07, 6.45) is 1.24. The Balaban J connectivity index is 1.65. The lowest BCUT2D eigenvalue weighted by atomic mass is 9.85. The number of amides is 1. The van der Waals surface area contributed by atoms with Gasteiger partial charge in [-0.3, -0.25) is 4.79 Å². The van der Waals surface area contributed by atoms with Crippen molar-refractivity contribution in [2.45, 2.75) is 24.9 Å². The number of hydrogen-bond acceptors (Lipinski definition) is 3. The van der Waals surface area contributed by atoms with Gasteiger partial charge in [0.15, 0.2) is 0 Å². The minimum absolute atomic E-state index is 0.110. The molecule has 0 bridgehead atoms. The van der Waals surface area contributed by atoms with Crippen molar-refractivity contribution in [3.8, 4) is 5.75 Å². The number of phenols is 1. The average Bonchev–Trinajstić information content (AvgIpc) is 2.59. The van der Waals surface area contributed by atoms with Gasteiger partial charge in [-0.15, -0.1) is 0 Å². The van der Waals surface area contributed by atoms with Crippen LogP contribution in [0.4, 0.5) is 4.39 Å². The zero-order valence-electron chi connectivity index (χ0n) is 13.6.